The molecule has 146 valence electrons. The van der Waals surface area contributed by atoms with Crippen molar-refractivity contribution in [1.29, 1.82) is 0 Å². The fourth-order valence-electron chi connectivity index (χ4n) is 4.28. The van der Waals surface area contributed by atoms with E-state index in [0.29, 0.717) is 5.91 Å². The predicted octanol–water partition coefficient (Wildman–Crippen LogP) is 3.65. The molecule has 5 nitrogen and oxygen atoms in total. The van der Waals surface area contributed by atoms with Crippen LogP contribution < -0.4 is 10.2 Å². The third kappa shape index (κ3) is 4.63. The van der Waals surface area contributed by atoms with Crippen LogP contribution in [0.4, 0.5) is 11.4 Å². The van der Waals surface area contributed by atoms with Gasteiger partial charge in [-0.05, 0) is 62.8 Å². The van der Waals surface area contributed by atoms with Crippen molar-refractivity contribution in [2.75, 3.05) is 36.4 Å². The maximum absolute atomic E-state index is 12.6. The minimum atomic E-state index is 0.0125. The fourth-order valence-corrected chi connectivity index (χ4v) is 4.28. The van der Waals surface area contributed by atoms with Crippen molar-refractivity contribution < 1.29 is 9.59 Å². The Morgan fingerprint density at radius 1 is 0.778 bits per heavy atom. The Morgan fingerprint density at radius 3 is 2.00 bits per heavy atom. The van der Waals surface area contributed by atoms with Crippen LogP contribution in [-0.4, -0.2) is 42.9 Å². The number of nitrogens with one attached hydrogen (secondary N) is 1. The van der Waals surface area contributed by atoms with Gasteiger partial charge in [-0.2, -0.15) is 0 Å². The molecule has 2 aliphatic heterocycles. The summed E-state index contributed by atoms with van der Waals surface area (Å²) in [5.74, 6) is 0.686. The molecule has 0 aromatic heterocycles. The number of benzene rings is 1. The van der Waals surface area contributed by atoms with E-state index in [9.17, 15) is 9.59 Å². The number of amides is 2. The highest BCUT2D eigenvalue weighted by molar-refractivity contribution is 5.93. The van der Waals surface area contributed by atoms with E-state index in [0.717, 1.165) is 57.5 Å². The highest BCUT2D eigenvalue weighted by Gasteiger charge is 2.35. The molecule has 3 fully saturated rings. The van der Waals surface area contributed by atoms with Crippen LogP contribution in [0, 0.1) is 11.8 Å². The summed E-state index contributed by atoms with van der Waals surface area (Å²) >= 11 is 0. The summed E-state index contributed by atoms with van der Waals surface area (Å²) in [6, 6.07) is 8.28. The van der Waals surface area contributed by atoms with E-state index < -0.39 is 0 Å². The molecule has 1 aliphatic carbocycles. The maximum atomic E-state index is 12.6. The lowest BCUT2D eigenvalue weighted by atomic mass is 9.95. The van der Waals surface area contributed by atoms with Crippen molar-refractivity contribution in [3.8, 4) is 0 Å². The number of hydrogen-bond acceptors (Lipinski definition) is 3. The zero-order chi connectivity index (χ0) is 18.6. The summed E-state index contributed by atoms with van der Waals surface area (Å²) in [4.78, 5) is 29.1. The van der Waals surface area contributed by atoms with E-state index in [1.54, 1.807) is 0 Å². The molecule has 2 heterocycles. The van der Waals surface area contributed by atoms with Crippen molar-refractivity contribution >= 4 is 23.2 Å². The van der Waals surface area contributed by atoms with Gasteiger partial charge in [-0.25, -0.2) is 0 Å². The smallest absolute Gasteiger partial charge is 0.227 e. The highest BCUT2D eigenvalue weighted by Crippen LogP contribution is 2.32. The first-order chi connectivity index (χ1) is 13.2. The third-order valence-electron chi connectivity index (χ3n) is 6.21. The van der Waals surface area contributed by atoms with E-state index in [-0.39, 0.29) is 17.7 Å². The number of piperidine rings is 1. The van der Waals surface area contributed by atoms with E-state index in [1.165, 1.54) is 31.4 Å². The number of hydrogen-bond donors (Lipinski definition) is 1. The molecule has 0 unspecified atom stereocenters. The normalized spacial score (nSPS) is 21.6. The van der Waals surface area contributed by atoms with Gasteiger partial charge in [-0.15, -0.1) is 0 Å². The summed E-state index contributed by atoms with van der Waals surface area (Å²) in [5.41, 5.74) is 2.12. The van der Waals surface area contributed by atoms with Gasteiger partial charge in [0.1, 0.15) is 0 Å². The molecule has 2 amide bonds. The van der Waals surface area contributed by atoms with Gasteiger partial charge in [0.05, 0.1) is 0 Å². The molecule has 2 saturated heterocycles. The van der Waals surface area contributed by atoms with E-state index in [2.05, 4.69) is 22.3 Å². The number of carbonyl (C=O) groups is 2. The second-order valence-electron chi connectivity index (χ2n) is 8.31. The standard InChI is InChI=1S/C22H31N3O2/c26-21(17-11-15-25(16-12-17)22(27)18-5-6-18)23-19-7-9-20(10-8-19)24-13-3-1-2-4-14-24/h7-10,17-18H,1-6,11-16H2,(H,23,26). The summed E-state index contributed by atoms with van der Waals surface area (Å²) < 4.78 is 0. The predicted molar refractivity (Wildman–Crippen MR) is 108 cm³/mol. The minimum Gasteiger partial charge on any atom is -0.372 e. The van der Waals surface area contributed by atoms with Crippen LogP contribution in [-0.2, 0) is 9.59 Å². The molecule has 1 N–H and O–H groups in total. The van der Waals surface area contributed by atoms with Crippen molar-refractivity contribution in [3.05, 3.63) is 24.3 Å². The summed E-state index contributed by atoms with van der Waals surface area (Å²) in [5, 5.41) is 3.07. The summed E-state index contributed by atoms with van der Waals surface area (Å²) in [6.07, 6.45) is 8.83. The van der Waals surface area contributed by atoms with Gasteiger partial charge in [-0.1, -0.05) is 12.8 Å². The molecule has 0 bridgehead atoms. The molecule has 0 spiro atoms. The van der Waals surface area contributed by atoms with Gasteiger partial charge in [0.2, 0.25) is 11.8 Å². The van der Waals surface area contributed by atoms with Crippen LogP contribution in [0.5, 0.6) is 0 Å². The van der Waals surface area contributed by atoms with Crippen LogP contribution in [0.15, 0.2) is 24.3 Å². The van der Waals surface area contributed by atoms with Gasteiger partial charge in [0.15, 0.2) is 0 Å². The molecule has 0 radical (unpaired) electrons. The fraction of sp³-hybridized carbons (Fsp3) is 0.636. The number of nitrogens with zero attached hydrogens (tertiary/aromatic N) is 2. The summed E-state index contributed by atoms with van der Waals surface area (Å²) in [7, 11) is 0. The largest absolute Gasteiger partial charge is 0.372 e. The zero-order valence-corrected chi connectivity index (χ0v) is 16.2. The molecule has 3 aliphatic rings. The van der Waals surface area contributed by atoms with Gasteiger partial charge in [0, 0.05) is 49.4 Å². The Balaban J connectivity index is 1.27. The number of likely N-dealkylation sites (tertiary alicyclic amines) is 1. The van der Waals surface area contributed by atoms with Crippen LogP contribution in [0.2, 0.25) is 0 Å². The average molecular weight is 370 g/mol. The third-order valence-corrected chi connectivity index (χ3v) is 6.21. The molecule has 27 heavy (non-hydrogen) atoms. The first-order valence-corrected chi connectivity index (χ1v) is 10.7. The minimum absolute atomic E-state index is 0.0125. The topological polar surface area (TPSA) is 52.7 Å². The SMILES string of the molecule is O=C(Nc1ccc(N2CCCCCC2)cc1)C1CCN(C(=O)C2CC2)CC1. The van der Waals surface area contributed by atoms with Gasteiger partial charge >= 0.3 is 0 Å². The lowest BCUT2D eigenvalue weighted by Crippen LogP contribution is -2.42. The maximum Gasteiger partial charge on any atom is 0.227 e. The van der Waals surface area contributed by atoms with E-state index in [4.69, 9.17) is 0 Å². The Bertz CT molecular complexity index is 653. The van der Waals surface area contributed by atoms with Gasteiger partial charge in [-0.3, -0.25) is 9.59 Å². The quantitative estimate of drug-likeness (QED) is 0.881. The van der Waals surface area contributed by atoms with Crippen LogP contribution in [0.3, 0.4) is 0 Å². The second kappa shape index (κ2) is 8.32. The van der Waals surface area contributed by atoms with Crippen LogP contribution in [0.25, 0.3) is 0 Å². The zero-order valence-electron chi connectivity index (χ0n) is 16.2. The van der Waals surface area contributed by atoms with Crippen LogP contribution in [0.1, 0.15) is 51.4 Å². The first-order valence-electron chi connectivity index (χ1n) is 10.7. The number of anilines is 2. The molecule has 1 aromatic rings. The molecule has 1 saturated carbocycles. The average Bonchev–Trinajstić information content (AvgIpc) is 3.55. The molecular weight excluding hydrogens is 338 g/mol. The molecular formula is C22H31N3O2. The lowest BCUT2D eigenvalue weighted by Gasteiger charge is -2.31. The molecule has 4 rings (SSSR count). The molecule has 5 heteroatoms. The van der Waals surface area contributed by atoms with Crippen LogP contribution >= 0.6 is 0 Å². The van der Waals surface area contributed by atoms with E-state index >= 15 is 0 Å². The Hall–Kier alpha value is -2.04. The first kappa shape index (κ1) is 18.3. The van der Waals surface area contributed by atoms with Crippen molar-refractivity contribution in [3.63, 3.8) is 0 Å². The van der Waals surface area contributed by atoms with Gasteiger partial charge < -0.3 is 15.1 Å². The number of carbonyl (C=O) groups excluding carboxylic acids is 2. The Labute approximate surface area is 162 Å². The molecule has 1 aromatic carbocycles. The molecule has 0 atom stereocenters. The van der Waals surface area contributed by atoms with Crippen molar-refractivity contribution in [2.24, 2.45) is 11.8 Å². The Kier molecular flexibility index (Phi) is 5.65. The summed E-state index contributed by atoms with van der Waals surface area (Å²) in [6.45, 7) is 3.70. The highest BCUT2D eigenvalue weighted by atomic mass is 16.2. The van der Waals surface area contributed by atoms with Crippen molar-refractivity contribution in [1.82, 2.24) is 4.90 Å². The van der Waals surface area contributed by atoms with Gasteiger partial charge in [0.25, 0.3) is 0 Å². The van der Waals surface area contributed by atoms with Crippen molar-refractivity contribution in [2.45, 2.75) is 51.4 Å². The lowest BCUT2D eigenvalue weighted by molar-refractivity contribution is -0.135. The Morgan fingerprint density at radius 2 is 1.41 bits per heavy atom. The number of rotatable bonds is 4. The van der Waals surface area contributed by atoms with E-state index in [1.807, 2.05) is 17.0 Å². The second-order valence-corrected chi connectivity index (χ2v) is 8.31. The monoisotopic (exact) mass is 369 g/mol.